The molecule has 0 aromatic heterocycles. The van der Waals surface area contributed by atoms with E-state index >= 15 is 0 Å². The second-order valence-electron chi connectivity index (χ2n) is 9.44. The van der Waals surface area contributed by atoms with Gasteiger partial charge in [0.25, 0.3) is 5.91 Å². The molecule has 3 aromatic carbocycles. The van der Waals surface area contributed by atoms with Gasteiger partial charge in [0.05, 0.1) is 0 Å². The summed E-state index contributed by atoms with van der Waals surface area (Å²) < 4.78 is 19.0. The second kappa shape index (κ2) is 13.2. The molecule has 0 bridgehead atoms. The molecule has 194 valence electrons. The Kier molecular flexibility index (Phi) is 9.55. The maximum absolute atomic E-state index is 13.7. The quantitative estimate of drug-likeness (QED) is 0.358. The molecule has 7 heteroatoms. The van der Waals surface area contributed by atoms with E-state index < -0.39 is 6.04 Å². The molecule has 0 heterocycles. The van der Waals surface area contributed by atoms with Crippen molar-refractivity contribution in [1.82, 2.24) is 10.2 Å². The number of nitrogens with zero attached hydrogens (tertiary/aromatic N) is 1. The predicted octanol–water partition coefficient (Wildman–Crippen LogP) is 5.95. The SMILES string of the molecule is O=C(NC1CCCCC1)C(Cc1ccccc1)N(Cc1ccc(Cl)cc1)C(=O)COc1ccc(F)cc1. The normalized spacial score (nSPS) is 14.5. The predicted molar refractivity (Wildman–Crippen MR) is 143 cm³/mol. The Labute approximate surface area is 222 Å². The highest BCUT2D eigenvalue weighted by molar-refractivity contribution is 6.30. The minimum Gasteiger partial charge on any atom is -0.484 e. The number of hydrogen-bond donors (Lipinski definition) is 1. The smallest absolute Gasteiger partial charge is 0.261 e. The molecule has 1 aliphatic carbocycles. The second-order valence-corrected chi connectivity index (χ2v) is 9.88. The summed E-state index contributed by atoms with van der Waals surface area (Å²) in [5, 5.41) is 3.81. The highest BCUT2D eigenvalue weighted by atomic mass is 35.5. The molecule has 0 saturated heterocycles. The summed E-state index contributed by atoms with van der Waals surface area (Å²) >= 11 is 6.08. The fourth-order valence-electron chi connectivity index (χ4n) is 4.64. The van der Waals surface area contributed by atoms with Gasteiger partial charge >= 0.3 is 0 Å². The number of halogens is 2. The molecule has 3 aromatic rings. The number of nitrogens with one attached hydrogen (secondary N) is 1. The molecule has 1 atom stereocenters. The zero-order chi connectivity index (χ0) is 26.0. The average Bonchev–Trinajstić information content (AvgIpc) is 2.92. The van der Waals surface area contributed by atoms with Gasteiger partial charge in [-0.05, 0) is 60.4 Å². The van der Waals surface area contributed by atoms with Crippen molar-refractivity contribution in [3.8, 4) is 5.75 Å². The summed E-state index contributed by atoms with van der Waals surface area (Å²) in [5.41, 5.74) is 1.81. The van der Waals surface area contributed by atoms with Crippen molar-refractivity contribution in [2.75, 3.05) is 6.61 Å². The third kappa shape index (κ3) is 8.05. The number of carbonyl (C=O) groups is 2. The van der Waals surface area contributed by atoms with Crippen LogP contribution in [0.15, 0.2) is 78.9 Å². The van der Waals surface area contributed by atoms with Crippen LogP contribution in [0.3, 0.4) is 0 Å². The van der Waals surface area contributed by atoms with Crippen molar-refractivity contribution < 1.29 is 18.7 Å². The third-order valence-electron chi connectivity index (χ3n) is 6.66. The van der Waals surface area contributed by atoms with Crippen LogP contribution in [0.4, 0.5) is 4.39 Å². The molecule has 1 aliphatic rings. The summed E-state index contributed by atoms with van der Waals surface area (Å²) in [6, 6.07) is 21.8. The first-order chi connectivity index (χ1) is 18.0. The first-order valence-corrected chi connectivity index (χ1v) is 13.1. The fourth-order valence-corrected chi connectivity index (χ4v) is 4.77. The van der Waals surface area contributed by atoms with Crippen LogP contribution in [0.25, 0.3) is 0 Å². The van der Waals surface area contributed by atoms with E-state index in [2.05, 4.69) is 5.32 Å². The van der Waals surface area contributed by atoms with Crippen molar-refractivity contribution in [2.24, 2.45) is 0 Å². The minimum absolute atomic E-state index is 0.113. The van der Waals surface area contributed by atoms with Crippen molar-refractivity contribution in [2.45, 2.75) is 57.2 Å². The molecule has 0 radical (unpaired) electrons. The summed E-state index contributed by atoms with van der Waals surface area (Å²) in [4.78, 5) is 28.9. The van der Waals surface area contributed by atoms with E-state index in [9.17, 15) is 14.0 Å². The molecule has 0 aliphatic heterocycles. The number of amides is 2. The average molecular weight is 523 g/mol. The lowest BCUT2D eigenvalue weighted by molar-refractivity contribution is -0.143. The molecular weight excluding hydrogens is 491 g/mol. The van der Waals surface area contributed by atoms with Gasteiger partial charge in [-0.25, -0.2) is 4.39 Å². The maximum atomic E-state index is 13.7. The maximum Gasteiger partial charge on any atom is 0.261 e. The van der Waals surface area contributed by atoms with Gasteiger partial charge in [-0.1, -0.05) is 73.3 Å². The van der Waals surface area contributed by atoms with Crippen molar-refractivity contribution >= 4 is 23.4 Å². The standard InChI is InChI=1S/C30H32ClFN2O3/c31-24-13-11-23(12-14-24)20-34(29(35)21-37-27-17-15-25(32)16-18-27)28(19-22-7-3-1-4-8-22)30(36)33-26-9-5-2-6-10-26/h1,3-4,7-8,11-18,26,28H,2,5-6,9-10,19-21H2,(H,33,36). The highest BCUT2D eigenvalue weighted by Gasteiger charge is 2.32. The number of benzene rings is 3. The monoisotopic (exact) mass is 522 g/mol. The van der Waals surface area contributed by atoms with Gasteiger partial charge < -0.3 is 15.0 Å². The van der Waals surface area contributed by atoms with Crippen LogP contribution >= 0.6 is 11.6 Å². The number of carbonyl (C=O) groups excluding carboxylic acids is 2. The van der Waals surface area contributed by atoms with Gasteiger partial charge in [0.15, 0.2) is 6.61 Å². The molecule has 1 N–H and O–H groups in total. The van der Waals surface area contributed by atoms with Gasteiger partial charge in [0.2, 0.25) is 5.91 Å². The van der Waals surface area contributed by atoms with Crippen molar-refractivity contribution in [3.05, 3.63) is 101 Å². The van der Waals surface area contributed by atoms with Crippen LogP contribution in [0, 0.1) is 5.82 Å². The minimum atomic E-state index is -0.732. The summed E-state index contributed by atoms with van der Waals surface area (Å²) in [6.45, 7) is -0.0560. The fraction of sp³-hybridized carbons (Fsp3) is 0.333. The van der Waals surface area contributed by atoms with E-state index in [1.54, 1.807) is 17.0 Å². The Balaban J connectivity index is 1.59. The van der Waals surface area contributed by atoms with E-state index in [0.29, 0.717) is 17.2 Å². The van der Waals surface area contributed by atoms with E-state index in [1.165, 1.54) is 30.7 Å². The van der Waals surface area contributed by atoms with Crippen LogP contribution in [0.2, 0.25) is 5.02 Å². The van der Waals surface area contributed by atoms with E-state index in [1.807, 2.05) is 42.5 Å². The Bertz CT molecular complexity index is 1150. The summed E-state index contributed by atoms with van der Waals surface area (Å²) in [6.07, 6.45) is 5.63. The summed E-state index contributed by atoms with van der Waals surface area (Å²) in [5.74, 6) is -0.503. The molecule has 5 nitrogen and oxygen atoms in total. The zero-order valence-corrected chi connectivity index (χ0v) is 21.5. The third-order valence-corrected chi connectivity index (χ3v) is 6.92. The Hall–Kier alpha value is -3.38. The van der Waals surface area contributed by atoms with Gasteiger partial charge in [0.1, 0.15) is 17.6 Å². The molecule has 1 saturated carbocycles. The van der Waals surface area contributed by atoms with Crippen LogP contribution in [-0.2, 0) is 22.6 Å². The first kappa shape index (κ1) is 26.7. The lowest BCUT2D eigenvalue weighted by Crippen LogP contribution is -2.53. The zero-order valence-electron chi connectivity index (χ0n) is 20.7. The molecule has 1 unspecified atom stereocenters. The van der Waals surface area contributed by atoms with Crippen molar-refractivity contribution in [1.29, 1.82) is 0 Å². The van der Waals surface area contributed by atoms with E-state index in [-0.39, 0.29) is 36.8 Å². The van der Waals surface area contributed by atoms with Gasteiger partial charge in [-0.2, -0.15) is 0 Å². The van der Waals surface area contributed by atoms with Crippen LogP contribution in [0.5, 0.6) is 5.75 Å². The Morgan fingerprint density at radius 3 is 2.27 bits per heavy atom. The molecule has 37 heavy (non-hydrogen) atoms. The van der Waals surface area contributed by atoms with E-state index in [0.717, 1.165) is 36.8 Å². The van der Waals surface area contributed by atoms with Crippen LogP contribution in [0.1, 0.15) is 43.2 Å². The molecule has 2 amide bonds. The van der Waals surface area contributed by atoms with Gasteiger partial charge in [0, 0.05) is 24.0 Å². The molecule has 1 fully saturated rings. The van der Waals surface area contributed by atoms with Gasteiger partial charge in [-0.3, -0.25) is 9.59 Å². The molecule has 0 spiro atoms. The topological polar surface area (TPSA) is 58.6 Å². The molecule has 4 rings (SSSR count). The largest absolute Gasteiger partial charge is 0.484 e. The lowest BCUT2D eigenvalue weighted by Gasteiger charge is -2.33. The highest BCUT2D eigenvalue weighted by Crippen LogP contribution is 2.21. The van der Waals surface area contributed by atoms with Crippen LogP contribution in [-0.4, -0.2) is 35.4 Å². The van der Waals surface area contributed by atoms with Crippen LogP contribution < -0.4 is 10.1 Å². The summed E-state index contributed by atoms with van der Waals surface area (Å²) in [7, 11) is 0. The van der Waals surface area contributed by atoms with E-state index in [4.69, 9.17) is 16.3 Å². The molecular formula is C30H32ClFN2O3. The lowest BCUT2D eigenvalue weighted by atomic mass is 9.94. The number of ether oxygens (including phenoxy) is 1. The number of rotatable bonds is 10. The first-order valence-electron chi connectivity index (χ1n) is 12.7. The Morgan fingerprint density at radius 1 is 0.919 bits per heavy atom. The van der Waals surface area contributed by atoms with Gasteiger partial charge in [-0.15, -0.1) is 0 Å². The van der Waals surface area contributed by atoms with Crippen molar-refractivity contribution in [3.63, 3.8) is 0 Å². The Morgan fingerprint density at radius 2 is 1.59 bits per heavy atom. The number of hydrogen-bond acceptors (Lipinski definition) is 3.